The molecule has 0 bridgehead atoms. The zero-order chi connectivity index (χ0) is 23.0. The third kappa shape index (κ3) is 3.42. The normalized spacial score (nSPS) is 52.1. The Morgan fingerprint density at radius 3 is 2.23 bits per heavy atom. The van der Waals surface area contributed by atoms with Crippen LogP contribution < -0.4 is 0 Å². The maximum absolute atomic E-state index is 13.3. The molecule has 0 amide bonds. The fourth-order valence-electron chi connectivity index (χ4n) is 9.51. The van der Waals surface area contributed by atoms with Crippen molar-refractivity contribution in [2.24, 2.45) is 45.8 Å². The summed E-state index contributed by atoms with van der Waals surface area (Å²) in [6.45, 7) is 10.8. The average molecular weight is 445 g/mol. The zero-order valence-electron chi connectivity index (χ0n) is 20.1. The van der Waals surface area contributed by atoms with E-state index in [-0.39, 0.29) is 22.2 Å². The first-order valence-electron chi connectivity index (χ1n) is 12.7. The van der Waals surface area contributed by atoms with Crippen molar-refractivity contribution in [3.8, 4) is 0 Å². The summed E-state index contributed by atoms with van der Waals surface area (Å²) in [6.07, 6.45) is 3.00. The predicted molar refractivity (Wildman–Crippen MR) is 116 cm³/mol. The molecule has 4 saturated carbocycles. The van der Waals surface area contributed by atoms with Crippen molar-refractivity contribution in [2.75, 3.05) is 0 Å². The van der Waals surface area contributed by atoms with Crippen LogP contribution in [-0.2, 0) is 0 Å². The molecule has 0 saturated heterocycles. The number of rotatable bonds is 3. The van der Waals surface area contributed by atoms with Crippen LogP contribution in [-0.4, -0.2) is 28.1 Å². The van der Waals surface area contributed by atoms with Gasteiger partial charge in [0, 0.05) is 0 Å². The number of fused-ring (bicyclic) bond motifs is 5. The van der Waals surface area contributed by atoms with Crippen LogP contribution in [0.2, 0.25) is 0 Å². The summed E-state index contributed by atoms with van der Waals surface area (Å²) in [5, 5.41) is 21.1. The second-order valence-electron chi connectivity index (χ2n) is 12.7. The molecule has 0 aromatic rings. The first-order chi connectivity index (χ1) is 14.2. The summed E-state index contributed by atoms with van der Waals surface area (Å²) < 4.78 is 39.8. The molecular weight excluding hydrogens is 401 g/mol. The molecule has 0 aromatic carbocycles. The number of alkyl halides is 3. The highest BCUT2D eigenvalue weighted by Gasteiger charge is 2.65. The Morgan fingerprint density at radius 1 is 0.935 bits per heavy atom. The van der Waals surface area contributed by atoms with Crippen molar-refractivity contribution in [1.82, 2.24) is 0 Å². The predicted octanol–water partition coefficient (Wildman–Crippen LogP) is 6.74. The van der Waals surface area contributed by atoms with Crippen LogP contribution in [0.15, 0.2) is 0 Å². The maximum atomic E-state index is 13.3. The highest BCUT2D eigenvalue weighted by molar-refractivity contribution is 5.14. The largest absolute Gasteiger partial charge is 0.414 e. The molecule has 4 fully saturated rings. The molecule has 31 heavy (non-hydrogen) atoms. The van der Waals surface area contributed by atoms with E-state index in [1.165, 1.54) is 0 Å². The molecule has 180 valence electrons. The molecule has 4 aliphatic rings. The molecule has 1 unspecified atom stereocenters. The minimum atomic E-state index is -4.54. The molecule has 5 heteroatoms. The van der Waals surface area contributed by atoms with Crippen LogP contribution in [0.1, 0.15) is 98.8 Å². The second-order valence-corrected chi connectivity index (χ2v) is 12.7. The number of aliphatic hydroxyl groups excluding tert-OH is 1. The van der Waals surface area contributed by atoms with Gasteiger partial charge in [0.25, 0.3) is 0 Å². The maximum Gasteiger partial charge on any atom is 0.414 e. The number of aliphatic hydroxyl groups is 2. The lowest BCUT2D eigenvalue weighted by Crippen LogP contribution is -2.60. The van der Waals surface area contributed by atoms with E-state index < -0.39 is 23.8 Å². The molecule has 4 rings (SSSR count). The highest BCUT2D eigenvalue weighted by atomic mass is 19.4. The van der Waals surface area contributed by atoms with Crippen LogP contribution >= 0.6 is 0 Å². The summed E-state index contributed by atoms with van der Waals surface area (Å²) in [7, 11) is 0. The van der Waals surface area contributed by atoms with E-state index in [0.717, 1.165) is 64.2 Å². The third-order valence-corrected chi connectivity index (χ3v) is 11.7. The first kappa shape index (κ1) is 23.9. The molecule has 4 aliphatic carbocycles. The lowest BCUT2D eigenvalue weighted by molar-refractivity contribution is -0.230. The van der Waals surface area contributed by atoms with E-state index in [1.807, 2.05) is 0 Å². The van der Waals surface area contributed by atoms with Crippen molar-refractivity contribution in [3.63, 3.8) is 0 Å². The van der Waals surface area contributed by atoms with E-state index in [0.29, 0.717) is 17.8 Å². The van der Waals surface area contributed by atoms with Crippen LogP contribution in [0, 0.1) is 45.8 Å². The summed E-state index contributed by atoms with van der Waals surface area (Å²) in [6, 6.07) is 0. The van der Waals surface area contributed by atoms with Crippen LogP contribution in [0.3, 0.4) is 0 Å². The van der Waals surface area contributed by atoms with Gasteiger partial charge in [0.05, 0.1) is 5.60 Å². The third-order valence-electron chi connectivity index (χ3n) is 11.7. The van der Waals surface area contributed by atoms with E-state index in [2.05, 4.69) is 27.7 Å². The monoisotopic (exact) mass is 444 g/mol. The van der Waals surface area contributed by atoms with Gasteiger partial charge in [0.15, 0.2) is 6.10 Å². The van der Waals surface area contributed by atoms with E-state index in [9.17, 15) is 23.4 Å². The van der Waals surface area contributed by atoms with Crippen molar-refractivity contribution in [1.29, 1.82) is 0 Å². The minimum Gasteiger partial charge on any atom is -0.390 e. The fourth-order valence-corrected chi connectivity index (χ4v) is 9.51. The van der Waals surface area contributed by atoms with Crippen LogP contribution in [0.25, 0.3) is 0 Å². The lowest BCUT2D eigenvalue weighted by Gasteiger charge is -2.66. The average Bonchev–Trinajstić information content (AvgIpc) is 3.04. The summed E-state index contributed by atoms with van der Waals surface area (Å²) in [5.41, 5.74) is -0.293. The number of hydrogen-bond acceptors (Lipinski definition) is 2. The van der Waals surface area contributed by atoms with Gasteiger partial charge in [-0.05, 0) is 110 Å². The standard InChI is InChI=1S/C26H43F3O2/c1-6-25(31)14-13-24(5)20-10-12-23(4)18(16(2)21(30)26(27,28)29)7-8-19(23)17(20)9-11-22(24,3)15-25/h16-21,30-31H,6-15H2,1-5H3/t16-,17-,18+,19-,20-,21+,22+,23+,24?,25-/m0/s1. The Hall–Kier alpha value is -0.290. The molecule has 0 spiro atoms. The smallest absolute Gasteiger partial charge is 0.390 e. The second kappa shape index (κ2) is 7.35. The highest BCUT2D eigenvalue weighted by Crippen LogP contribution is 2.72. The van der Waals surface area contributed by atoms with E-state index >= 15 is 0 Å². The SMILES string of the molecule is CC[C@]1(O)CCC2(C)[C@H]3CC[C@]4(C)[C@@H]([C@H](C)[C@@H](O)C(F)(F)F)CC[C@H]4[C@@H]3CC[C@]2(C)C1. The van der Waals surface area contributed by atoms with Crippen molar-refractivity contribution >= 4 is 0 Å². The Bertz CT molecular complexity index is 695. The molecule has 10 atom stereocenters. The van der Waals surface area contributed by atoms with E-state index in [4.69, 9.17) is 0 Å². The minimum absolute atomic E-state index is 0.0623. The van der Waals surface area contributed by atoms with Gasteiger partial charge in [-0.3, -0.25) is 0 Å². The number of halogens is 3. The van der Waals surface area contributed by atoms with Crippen LogP contribution in [0.4, 0.5) is 13.2 Å². The van der Waals surface area contributed by atoms with Crippen molar-refractivity contribution < 1.29 is 23.4 Å². The number of hydrogen-bond donors (Lipinski definition) is 2. The summed E-state index contributed by atoms with van der Waals surface area (Å²) in [4.78, 5) is 0. The van der Waals surface area contributed by atoms with E-state index in [1.54, 1.807) is 6.92 Å². The van der Waals surface area contributed by atoms with Gasteiger partial charge in [-0.1, -0.05) is 34.6 Å². The van der Waals surface area contributed by atoms with Crippen LogP contribution in [0.5, 0.6) is 0 Å². The van der Waals surface area contributed by atoms with Crippen molar-refractivity contribution in [2.45, 2.75) is 117 Å². The molecule has 0 heterocycles. The fraction of sp³-hybridized carbons (Fsp3) is 1.00. The molecule has 0 radical (unpaired) electrons. The Morgan fingerprint density at radius 2 is 1.61 bits per heavy atom. The van der Waals surface area contributed by atoms with Gasteiger partial charge in [0.1, 0.15) is 0 Å². The molecule has 2 nitrogen and oxygen atoms in total. The molecular formula is C26H43F3O2. The van der Waals surface area contributed by atoms with Gasteiger partial charge in [-0.25, -0.2) is 0 Å². The summed E-state index contributed by atoms with van der Waals surface area (Å²) >= 11 is 0. The topological polar surface area (TPSA) is 40.5 Å². The van der Waals surface area contributed by atoms with Gasteiger partial charge < -0.3 is 10.2 Å². The first-order valence-corrected chi connectivity index (χ1v) is 12.7. The lowest BCUT2D eigenvalue weighted by atomic mass is 9.39. The zero-order valence-corrected chi connectivity index (χ0v) is 20.1. The molecule has 0 aromatic heterocycles. The molecule has 2 N–H and O–H groups in total. The summed E-state index contributed by atoms with van der Waals surface area (Å²) in [5.74, 6) is 0.836. The Labute approximate surface area is 186 Å². The van der Waals surface area contributed by atoms with Crippen molar-refractivity contribution in [3.05, 3.63) is 0 Å². The Kier molecular flexibility index (Phi) is 5.66. The van der Waals surface area contributed by atoms with Gasteiger partial charge >= 0.3 is 6.18 Å². The quantitative estimate of drug-likeness (QED) is 0.506. The Balaban J connectivity index is 1.58. The molecule has 0 aliphatic heterocycles. The van der Waals surface area contributed by atoms with Gasteiger partial charge in [-0.2, -0.15) is 13.2 Å². The van der Waals surface area contributed by atoms with Gasteiger partial charge in [-0.15, -0.1) is 0 Å². The van der Waals surface area contributed by atoms with Gasteiger partial charge in [0.2, 0.25) is 0 Å².